The van der Waals surface area contributed by atoms with Gasteiger partial charge in [0.05, 0.1) is 17.8 Å². The number of hydrogen-bond donors (Lipinski definition) is 1. The first-order valence-corrected chi connectivity index (χ1v) is 11.3. The van der Waals surface area contributed by atoms with Gasteiger partial charge in [-0.1, -0.05) is 41.6 Å². The van der Waals surface area contributed by atoms with Crippen molar-refractivity contribution in [2.75, 3.05) is 18.4 Å². The first-order valence-electron chi connectivity index (χ1n) is 11.0. The number of pyridine rings is 1. The SMILES string of the molecule is CC(=O)N1CC[C@@H](Cn2ncc(Cl)c2C(=O)Nc2ncc(C#Cc3ccccc3)cc2F)[C@H](F)C1. The summed E-state index contributed by atoms with van der Waals surface area (Å²) in [6.07, 6.45) is 1.78. The summed E-state index contributed by atoms with van der Waals surface area (Å²) in [4.78, 5) is 29.8. The number of nitrogens with one attached hydrogen (secondary N) is 1. The standard InChI is InChI=1S/C25H22ClF2N5O2/c1-16(34)32-10-9-19(22(28)15-32)14-33-23(20(26)13-30-33)25(35)31-24-21(27)11-18(12-29-24)8-7-17-5-3-2-4-6-17/h2-6,11-13,19,22H,9-10,14-15H2,1H3,(H,29,31,35)/t19-,22+/m0/s1. The van der Waals surface area contributed by atoms with Crippen molar-refractivity contribution in [3.8, 4) is 11.8 Å². The number of benzene rings is 1. The average Bonchev–Trinajstić information content (AvgIpc) is 3.21. The summed E-state index contributed by atoms with van der Waals surface area (Å²) in [5, 5.41) is 6.54. The summed E-state index contributed by atoms with van der Waals surface area (Å²) in [6.45, 7) is 1.90. The molecule has 4 rings (SSSR count). The molecule has 1 N–H and O–H groups in total. The fourth-order valence-corrected chi connectivity index (χ4v) is 4.05. The number of alkyl halides is 1. The molecule has 0 aliphatic carbocycles. The highest BCUT2D eigenvalue weighted by atomic mass is 35.5. The van der Waals surface area contributed by atoms with E-state index in [1.807, 2.05) is 30.3 Å². The average molecular weight is 498 g/mol. The van der Waals surface area contributed by atoms with E-state index in [2.05, 4.69) is 27.2 Å². The third-order valence-corrected chi connectivity index (χ3v) is 6.01. The Morgan fingerprint density at radius 3 is 2.63 bits per heavy atom. The fraction of sp³-hybridized carbons (Fsp3) is 0.280. The molecule has 1 aliphatic heterocycles. The second kappa shape index (κ2) is 10.7. The highest BCUT2D eigenvalue weighted by Gasteiger charge is 2.32. The second-order valence-electron chi connectivity index (χ2n) is 8.18. The number of nitrogens with zero attached hydrogens (tertiary/aromatic N) is 4. The number of amides is 2. The molecule has 1 saturated heterocycles. The molecule has 2 aromatic heterocycles. The van der Waals surface area contributed by atoms with Crippen molar-refractivity contribution in [2.24, 2.45) is 5.92 Å². The molecule has 180 valence electrons. The normalized spacial score (nSPS) is 17.4. The lowest BCUT2D eigenvalue weighted by Gasteiger charge is -2.34. The minimum Gasteiger partial charge on any atom is -0.340 e. The third kappa shape index (κ3) is 5.84. The first-order chi connectivity index (χ1) is 16.8. The van der Waals surface area contributed by atoms with Crippen LogP contribution in [0.25, 0.3) is 0 Å². The first kappa shape index (κ1) is 24.4. The highest BCUT2D eigenvalue weighted by molar-refractivity contribution is 6.34. The van der Waals surface area contributed by atoms with Crippen LogP contribution >= 0.6 is 11.6 Å². The van der Waals surface area contributed by atoms with E-state index < -0.39 is 23.8 Å². The van der Waals surface area contributed by atoms with Crippen molar-refractivity contribution >= 4 is 29.2 Å². The van der Waals surface area contributed by atoms with Crippen LogP contribution in [-0.2, 0) is 11.3 Å². The zero-order valence-corrected chi connectivity index (χ0v) is 19.6. The van der Waals surface area contributed by atoms with E-state index in [4.69, 9.17) is 11.6 Å². The Hall–Kier alpha value is -3.77. The Morgan fingerprint density at radius 2 is 1.94 bits per heavy atom. The van der Waals surface area contributed by atoms with E-state index in [0.29, 0.717) is 18.5 Å². The number of carbonyl (C=O) groups excluding carboxylic acids is 2. The van der Waals surface area contributed by atoms with E-state index >= 15 is 0 Å². The molecule has 35 heavy (non-hydrogen) atoms. The van der Waals surface area contributed by atoms with Gasteiger partial charge in [-0.3, -0.25) is 14.3 Å². The van der Waals surface area contributed by atoms with Crippen LogP contribution < -0.4 is 5.32 Å². The summed E-state index contributed by atoms with van der Waals surface area (Å²) >= 11 is 6.17. The van der Waals surface area contributed by atoms with E-state index in [1.54, 1.807) is 0 Å². The van der Waals surface area contributed by atoms with Gasteiger partial charge < -0.3 is 10.2 Å². The summed E-state index contributed by atoms with van der Waals surface area (Å²) in [5.41, 5.74) is 1.09. The minimum absolute atomic E-state index is 0.00875. The van der Waals surface area contributed by atoms with Crippen LogP contribution in [0.2, 0.25) is 5.02 Å². The van der Waals surface area contributed by atoms with Crippen LogP contribution in [0.4, 0.5) is 14.6 Å². The van der Waals surface area contributed by atoms with E-state index in [-0.39, 0.29) is 35.5 Å². The topological polar surface area (TPSA) is 80.1 Å². The molecular weight excluding hydrogens is 476 g/mol. The van der Waals surface area contributed by atoms with Crippen molar-refractivity contribution in [1.82, 2.24) is 19.7 Å². The minimum atomic E-state index is -1.27. The monoisotopic (exact) mass is 497 g/mol. The lowest BCUT2D eigenvalue weighted by molar-refractivity contribution is -0.131. The number of rotatable bonds is 4. The van der Waals surface area contributed by atoms with Gasteiger partial charge in [0.1, 0.15) is 11.9 Å². The van der Waals surface area contributed by atoms with Gasteiger partial charge in [0.2, 0.25) is 5.91 Å². The Labute approximate surface area is 206 Å². The maximum Gasteiger partial charge on any atom is 0.276 e. The van der Waals surface area contributed by atoms with Crippen LogP contribution in [0.5, 0.6) is 0 Å². The lowest BCUT2D eigenvalue weighted by atomic mass is 9.95. The number of likely N-dealkylation sites (tertiary alicyclic amines) is 1. The lowest BCUT2D eigenvalue weighted by Crippen LogP contribution is -2.45. The van der Waals surface area contributed by atoms with Gasteiger partial charge >= 0.3 is 0 Å². The molecular formula is C25H22ClF2N5O2. The molecule has 3 aromatic rings. The summed E-state index contributed by atoms with van der Waals surface area (Å²) < 4.78 is 30.6. The van der Waals surface area contributed by atoms with Gasteiger partial charge in [0.25, 0.3) is 5.91 Å². The molecule has 0 spiro atoms. The van der Waals surface area contributed by atoms with Gasteiger partial charge in [-0.05, 0) is 24.6 Å². The number of halogens is 3. The molecule has 1 aromatic carbocycles. The molecule has 7 nitrogen and oxygen atoms in total. The molecule has 2 atom stereocenters. The van der Waals surface area contributed by atoms with E-state index in [1.165, 1.54) is 35.0 Å². The van der Waals surface area contributed by atoms with Gasteiger partial charge in [0.15, 0.2) is 11.6 Å². The zero-order chi connectivity index (χ0) is 24.9. The molecule has 10 heteroatoms. The van der Waals surface area contributed by atoms with Crippen molar-refractivity contribution in [2.45, 2.75) is 26.1 Å². The van der Waals surface area contributed by atoms with Crippen molar-refractivity contribution in [3.05, 3.63) is 76.5 Å². The van der Waals surface area contributed by atoms with Crippen LogP contribution in [0.1, 0.15) is 35.0 Å². The molecule has 3 heterocycles. The second-order valence-corrected chi connectivity index (χ2v) is 8.58. The molecule has 1 aliphatic rings. The van der Waals surface area contributed by atoms with Gasteiger partial charge in [-0.25, -0.2) is 13.8 Å². The van der Waals surface area contributed by atoms with Crippen LogP contribution in [0, 0.1) is 23.6 Å². The number of aromatic nitrogens is 3. The maximum atomic E-state index is 14.7. The predicted octanol–water partition coefficient (Wildman–Crippen LogP) is 3.93. The van der Waals surface area contributed by atoms with Crippen LogP contribution in [-0.4, -0.2) is 50.7 Å². The maximum absolute atomic E-state index is 14.7. The number of piperidine rings is 1. The van der Waals surface area contributed by atoms with Crippen molar-refractivity contribution < 1.29 is 18.4 Å². The summed E-state index contributed by atoms with van der Waals surface area (Å²) in [5.74, 6) is 3.33. The molecule has 0 radical (unpaired) electrons. The smallest absolute Gasteiger partial charge is 0.276 e. The Balaban J connectivity index is 1.46. The molecule has 0 unspecified atom stereocenters. The molecule has 2 amide bonds. The van der Waals surface area contributed by atoms with Gasteiger partial charge in [0, 0.05) is 43.3 Å². The Morgan fingerprint density at radius 1 is 1.20 bits per heavy atom. The third-order valence-electron chi connectivity index (χ3n) is 5.74. The number of anilines is 1. The number of hydrogen-bond acceptors (Lipinski definition) is 4. The molecule has 0 saturated carbocycles. The molecule has 0 bridgehead atoms. The Kier molecular flexibility index (Phi) is 7.42. The summed E-state index contributed by atoms with van der Waals surface area (Å²) in [6, 6.07) is 10.4. The predicted molar refractivity (Wildman–Crippen MR) is 127 cm³/mol. The van der Waals surface area contributed by atoms with Gasteiger partial charge in [-0.2, -0.15) is 5.10 Å². The van der Waals surface area contributed by atoms with E-state index in [9.17, 15) is 18.4 Å². The van der Waals surface area contributed by atoms with Crippen LogP contribution in [0.15, 0.2) is 48.8 Å². The van der Waals surface area contributed by atoms with Crippen molar-refractivity contribution in [1.29, 1.82) is 0 Å². The van der Waals surface area contributed by atoms with Gasteiger partial charge in [-0.15, -0.1) is 0 Å². The largest absolute Gasteiger partial charge is 0.340 e. The molecule has 1 fully saturated rings. The fourth-order valence-electron chi connectivity index (χ4n) is 3.82. The highest BCUT2D eigenvalue weighted by Crippen LogP contribution is 2.25. The summed E-state index contributed by atoms with van der Waals surface area (Å²) in [7, 11) is 0. The van der Waals surface area contributed by atoms with Crippen LogP contribution in [0.3, 0.4) is 0 Å². The number of carbonyl (C=O) groups is 2. The zero-order valence-electron chi connectivity index (χ0n) is 18.8. The Bertz CT molecular complexity index is 1300. The quantitative estimate of drug-likeness (QED) is 0.554. The van der Waals surface area contributed by atoms with E-state index in [0.717, 1.165) is 5.56 Å². The van der Waals surface area contributed by atoms with Crippen molar-refractivity contribution in [3.63, 3.8) is 0 Å².